The molecule has 4 aromatic rings. The Bertz CT molecular complexity index is 2220. The highest BCUT2D eigenvalue weighted by molar-refractivity contribution is 7.86. The Labute approximate surface area is 333 Å². The first-order valence-corrected chi connectivity index (χ1v) is 19.4. The van der Waals surface area contributed by atoms with Crippen LogP contribution in [0.2, 0.25) is 0 Å². The highest BCUT2D eigenvalue weighted by Crippen LogP contribution is 2.24. The normalized spacial score (nSPS) is 20.6. The number of benzene rings is 4. The van der Waals surface area contributed by atoms with E-state index in [1.54, 1.807) is 121 Å². The summed E-state index contributed by atoms with van der Waals surface area (Å²) >= 11 is 0. The summed E-state index contributed by atoms with van der Waals surface area (Å²) in [7, 11) is -3.93. The molecule has 0 saturated carbocycles. The van der Waals surface area contributed by atoms with E-state index in [1.165, 1.54) is 24.7 Å². The summed E-state index contributed by atoms with van der Waals surface area (Å²) < 4.78 is 60.8. The zero-order valence-corrected chi connectivity index (χ0v) is 31.6. The molecule has 0 radical (unpaired) electrons. The first kappa shape index (κ1) is 42.2. The molecule has 2 unspecified atom stereocenters. The van der Waals surface area contributed by atoms with Crippen molar-refractivity contribution in [3.05, 3.63) is 179 Å². The van der Waals surface area contributed by atoms with Crippen LogP contribution in [0.5, 0.6) is 0 Å². The lowest BCUT2D eigenvalue weighted by Crippen LogP contribution is -2.47. The van der Waals surface area contributed by atoms with Crippen molar-refractivity contribution in [2.24, 2.45) is 5.11 Å². The van der Waals surface area contributed by atoms with Crippen molar-refractivity contribution in [2.45, 2.75) is 36.6 Å². The second kappa shape index (κ2) is 20.8. The minimum absolute atomic E-state index is 0.166. The van der Waals surface area contributed by atoms with Crippen molar-refractivity contribution in [3.63, 3.8) is 0 Å². The molecule has 2 aliphatic rings. The van der Waals surface area contributed by atoms with E-state index in [-0.39, 0.29) is 13.2 Å². The van der Waals surface area contributed by atoms with Gasteiger partial charge in [0.2, 0.25) is 0 Å². The molecule has 0 aromatic heterocycles. The highest BCUT2D eigenvalue weighted by Gasteiger charge is 2.40. The maximum atomic E-state index is 12.4. The van der Waals surface area contributed by atoms with Gasteiger partial charge in [-0.3, -0.25) is 4.18 Å². The third kappa shape index (κ3) is 12.5. The van der Waals surface area contributed by atoms with E-state index >= 15 is 0 Å². The van der Waals surface area contributed by atoms with Crippen LogP contribution in [-0.4, -0.2) is 88.3 Å². The molecule has 2 aliphatic heterocycles. The van der Waals surface area contributed by atoms with Crippen LogP contribution in [0.15, 0.2) is 151 Å². The van der Waals surface area contributed by atoms with Gasteiger partial charge in [-0.1, -0.05) is 77.9 Å². The van der Waals surface area contributed by atoms with Gasteiger partial charge in [-0.25, -0.2) is 19.2 Å². The van der Waals surface area contributed by atoms with Crippen molar-refractivity contribution in [1.29, 1.82) is 0 Å². The summed E-state index contributed by atoms with van der Waals surface area (Å²) in [5, 5.41) is 3.68. The number of ether oxygens (including phenoxy) is 6. The molecule has 2 heterocycles. The zero-order chi connectivity index (χ0) is 41.3. The van der Waals surface area contributed by atoms with Crippen LogP contribution in [0.4, 0.5) is 0 Å². The minimum atomic E-state index is -3.93. The Morgan fingerprint density at radius 2 is 0.983 bits per heavy atom. The molecule has 0 spiro atoms. The predicted molar refractivity (Wildman–Crippen MR) is 205 cm³/mol. The zero-order valence-electron chi connectivity index (χ0n) is 30.8. The Kier molecular flexibility index (Phi) is 15.2. The molecular weight excluding hydrogens is 775 g/mol. The standard InChI is InChI=1S/C21H20O8S.C20H17N3O5/c1-30(24,25)29-19-17(28-21(23)16-10-6-3-7-11-16)12-13-26-18(19)14-27-20(22)15-8-4-2-5-9-15;21-23-22-18-16(28-20(25)15-9-5-2-6-10-15)11-12-26-17(18)13-27-19(24)14-7-3-1-4-8-14/h2-13,17-19H,14H2,1H3;1-12,16-18H,13H2/t17-,18?,19+;16-,17?,18-/m11/s1. The van der Waals surface area contributed by atoms with E-state index in [0.717, 1.165) is 6.26 Å². The quantitative estimate of drug-likeness (QED) is 0.0379. The molecule has 0 saturated heterocycles. The topological polar surface area (TPSA) is 216 Å². The predicted octanol–water partition coefficient (Wildman–Crippen LogP) is 5.99. The Morgan fingerprint density at radius 3 is 1.41 bits per heavy atom. The van der Waals surface area contributed by atoms with Gasteiger partial charge in [-0.2, -0.15) is 8.42 Å². The molecule has 0 amide bonds. The van der Waals surface area contributed by atoms with E-state index in [1.807, 2.05) is 0 Å². The van der Waals surface area contributed by atoms with Crippen LogP contribution in [0.1, 0.15) is 41.4 Å². The monoisotopic (exact) mass is 811 g/mol. The van der Waals surface area contributed by atoms with Crippen molar-refractivity contribution >= 4 is 34.0 Å². The lowest BCUT2D eigenvalue weighted by Gasteiger charge is -2.32. The second-order valence-electron chi connectivity index (χ2n) is 12.4. The number of carbonyl (C=O) groups excluding carboxylic acids is 4. The van der Waals surface area contributed by atoms with Gasteiger partial charge in [0.05, 0.1) is 41.0 Å². The first-order chi connectivity index (χ1) is 28.0. The van der Waals surface area contributed by atoms with E-state index in [2.05, 4.69) is 10.0 Å². The number of hydrogen-bond donors (Lipinski definition) is 0. The smallest absolute Gasteiger partial charge is 0.338 e. The molecule has 16 nitrogen and oxygen atoms in total. The fourth-order valence-corrected chi connectivity index (χ4v) is 6.06. The van der Waals surface area contributed by atoms with Gasteiger partial charge < -0.3 is 28.4 Å². The SMILES string of the molecule is CS(=O)(=O)O[C@@H]1C(COC(=O)c2ccccc2)OC=C[C@H]1OC(=O)c1ccccc1.[N-]=[N+]=N[C@H]1C(COC(=O)c2ccccc2)OC=C[C@H]1OC(=O)c1ccccc1. The van der Waals surface area contributed by atoms with Gasteiger partial charge >= 0.3 is 23.9 Å². The number of nitrogens with zero attached hydrogens (tertiary/aromatic N) is 3. The van der Waals surface area contributed by atoms with E-state index < -0.39 is 70.6 Å². The molecule has 0 aliphatic carbocycles. The largest absolute Gasteiger partial charge is 0.494 e. The summed E-state index contributed by atoms with van der Waals surface area (Å²) in [6, 6.07) is 32.6. The van der Waals surface area contributed by atoms with Gasteiger partial charge in [0.25, 0.3) is 10.1 Å². The molecule has 300 valence electrons. The van der Waals surface area contributed by atoms with Crippen LogP contribution in [-0.2, 0) is 42.7 Å². The highest BCUT2D eigenvalue weighted by atomic mass is 32.2. The van der Waals surface area contributed by atoms with Crippen molar-refractivity contribution in [2.75, 3.05) is 19.5 Å². The average molecular weight is 812 g/mol. The van der Waals surface area contributed by atoms with Gasteiger partial charge in [0, 0.05) is 4.91 Å². The molecule has 6 rings (SSSR count). The Hall–Kier alpha value is -6.94. The van der Waals surface area contributed by atoms with Crippen LogP contribution in [0.25, 0.3) is 10.4 Å². The van der Waals surface area contributed by atoms with Crippen LogP contribution in [0.3, 0.4) is 0 Å². The van der Waals surface area contributed by atoms with Gasteiger partial charge in [0.15, 0.2) is 18.3 Å². The van der Waals surface area contributed by atoms with Gasteiger partial charge in [-0.15, -0.1) is 0 Å². The van der Waals surface area contributed by atoms with Crippen molar-refractivity contribution in [1.82, 2.24) is 0 Å². The lowest BCUT2D eigenvalue weighted by molar-refractivity contribution is -0.0769. The number of hydrogen-bond acceptors (Lipinski definition) is 14. The summed E-state index contributed by atoms with van der Waals surface area (Å²) in [6.45, 7) is -0.473. The van der Waals surface area contributed by atoms with E-state index in [0.29, 0.717) is 22.3 Å². The first-order valence-electron chi connectivity index (χ1n) is 17.6. The molecule has 17 heteroatoms. The lowest BCUT2D eigenvalue weighted by atomic mass is 10.0. The molecular formula is C41H37N3O13S. The summed E-state index contributed by atoms with van der Waals surface area (Å²) in [5.41, 5.74) is 10.3. The Balaban J connectivity index is 0.000000221. The Morgan fingerprint density at radius 1 is 0.603 bits per heavy atom. The van der Waals surface area contributed by atoms with Crippen LogP contribution < -0.4 is 0 Å². The second-order valence-corrected chi connectivity index (χ2v) is 14.0. The molecule has 0 N–H and O–H groups in total. The van der Waals surface area contributed by atoms with Crippen molar-refractivity contribution in [3.8, 4) is 0 Å². The maximum absolute atomic E-state index is 12.4. The van der Waals surface area contributed by atoms with Crippen LogP contribution >= 0.6 is 0 Å². The van der Waals surface area contributed by atoms with E-state index in [9.17, 15) is 27.6 Å². The summed E-state index contributed by atoms with van der Waals surface area (Å²) in [4.78, 5) is 51.8. The molecule has 4 aromatic carbocycles. The fourth-order valence-electron chi connectivity index (χ4n) is 5.42. The fraction of sp³-hybridized carbons (Fsp3) is 0.220. The molecule has 0 fully saturated rings. The summed E-state index contributed by atoms with van der Waals surface area (Å²) in [5.74, 6) is -2.36. The third-order valence-corrected chi connectivity index (χ3v) is 8.78. The molecule has 0 bridgehead atoms. The van der Waals surface area contributed by atoms with Gasteiger partial charge in [-0.05, 0) is 66.2 Å². The number of carbonyl (C=O) groups is 4. The molecule has 6 atom stereocenters. The number of azide groups is 1. The number of rotatable bonds is 13. The van der Waals surface area contributed by atoms with Gasteiger partial charge in [0.1, 0.15) is 31.5 Å². The molecule has 58 heavy (non-hydrogen) atoms. The summed E-state index contributed by atoms with van der Waals surface area (Å²) in [6.07, 6.45) is 1.37. The van der Waals surface area contributed by atoms with Crippen LogP contribution in [0, 0.1) is 0 Å². The number of esters is 4. The minimum Gasteiger partial charge on any atom is -0.494 e. The van der Waals surface area contributed by atoms with E-state index in [4.69, 9.17) is 38.1 Å². The third-order valence-electron chi connectivity index (χ3n) is 8.20. The average Bonchev–Trinajstić information content (AvgIpc) is 3.24. The van der Waals surface area contributed by atoms with Crippen molar-refractivity contribution < 1.29 is 60.2 Å². The maximum Gasteiger partial charge on any atom is 0.338 e.